The second-order valence-electron chi connectivity index (χ2n) is 8.17. The van der Waals surface area contributed by atoms with Gasteiger partial charge in [-0.2, -0.15) is 0 Å². The third kappa shape index (κ3) is 5.98. The predicted molar refractivity (Wildman–Crippen MR) is 114 cm³/mol. The van der Waals surface area contributed by atoms with Crippen LogP contribution >= 0.6 is 0 Å². The molecule has 29 heavy (non-hydrogen) atoms. The van der Waals surface area contributed by atoms with E-state index in [4.69, 9.17) is 4.74 Å². The Morgan fingerprint density at radius 3 is 2.14 bits per heavy atom. The Hall–Kier alpha value is -3.02. The highest BCUT2D eigenvalue weighted by Crippen LogP contribution is 2.17. The minimum Gasteiger partial charge on any atom is -0.444 e. The van der Waals surface area contributed by atoms with Gasteiger partial charge in [-0.3, -0.25) is 4.79 Å². The average molecular weight is 396 g/mol. The average Bonchev–Trinajstić information content (AvgIpc) is 2.72. The Morgan fingerprint density at radius 1 is 0.931 bits per heavy atom. The molecule has 1 heterocycles. The van der Waals surface area contributed by atoms with Gasteiger partial charge in [0, 0.05) is 44.0 Å². The summed E-state index contributed by atoms with van der Waals surface area (Å²) in [6.07, 6.45) is -0.450. The van der Waals surface area contributed by atoms with Gasteiger partial charge in [0.05, 0.1) is 0 Å². The van der Waals surface area contributed by atoms with Gasteiger partial charge in [0.2, 0.25) is 0 Å². The van der Waals surface area contributed by atoms with E-state index in [1.54, 1.807) is 0 Å². The molecule has 1 aliphatic rings. The fourth-order valence-corrected chi connectivity index (χ4v) is 3.24. The minimum absolute atomic E-state index is 0.0457. The van der Waals surface area contributed by atoms with Crippen LogP contribution < -0.4 is 10.2 Å². The smallest absolute Gasteiger partial charge is 0.407 e. The lowest BCUT2D eigenvalue weighted by atomic mass is 10.1. The molecule has 3 rings (SSSR count). The van der Waals surface area contributed by atoms with E-state index < -0.39 is 11.7 Å². The summed E-state index contributed by atoms with van der Waals surface area (Å²) in [5.74, 6) is 0.0457. The van der Waals surface area contributed by atoms with Crippen molar-refractivity contribution in [3.63, 3.8) is 0 Å². The largest absolute Gasteiger partial charge is 0.444 e. The van der Waals surface area contributed by atoms with Crippen molar-refractivity contribution < 1.29 is 14.3 Å². The number of benzene rings is 2. The number of carbonyl (C=O) groups is 2. The molecule has 6 heteroatoms. The zero-order chi connectivity index (χ0) is 20.9. The lowest BCUT2D eigenvalue weighted by molar-refractivity contribution is 0.0523. The molecule has 1 N–H and O–H groups in total. The molecule has 1 aliphatic heterocycles. The molecule has 0 atom stereocenters. The second kappa shape index (κ2) is 8.99. The van der Waals surface area contributed by atoms with E-state index in [1.165, 1.54) is 5.69 Å². The van der Waals surface area contributed by atoms with E-state index in [2.05, 4.69) is 22.3 Å². The lowest BCUT2D eigenvalue weighted by Crippen LogP contribution is -2.48. The van der Waals surface area contributed by atoms with E-state index in [0.29, 0.717) is 25.2 Å². The highest BCUT2D eigenvalue weighted by atomic mass is 16.6. The molecule has 0 aromatic heterocycles. The molecular formula is C23H29N3O3. The Bertz CT molecular complexity index is 821. The van der Waals surface area contributed by atoms with Crippen LogP contribution in [0.3, 0.4) is 0 Å². The second-order valence-corrected chi connectivity index (χ2v) is 8.17. The van der Waals surface area contributed by atoms with E-state index in [1.807, 2.05) is 68.1 Å². The number of anilines is 1. The summed E-state index contributed by atoms with van der Waals surface area (Å²) in [5.41, 5.74) is 2.26. The summed E-state index contributed by atoms with van der Waals surface area (Å²) in [7, 11) is 0. The number of amides is 2. The van der Waals surface area contributed by atoms with Crippen molar-refractivity contribution in [2.24, 2.45) is 0 Å². The van der Waals surface area contributed by atoms with E-state index in [-0.39, 0.29) is 5.91 Å². The van der Waals surface area contributed by atoms with Crippen LogP contribution in [0.4, 0.5) is 10.5 Å². The van der Waals surface area contributed by atoms with Crippen molar-refractivity contribution in [1.82, 2.24) is 10.2 Å². The maximum absolute atomic E-state index is 12.8. The van der Waals surface area contributed by atoms with Crippen molar-refractivity contribution in [2.75, 3.05) is 31.1 Å². The maximum atomic E-state index is 12.8. The normalized spacial score (nSPS) is 14.4. The van der Waals surface area contributed by atoms with Gasteiger partial charge in [-0.15, -0.1) is 0 Å². The molecule has 2 aromatic carbocycles. The number of nitrogens with one attached hydrogen (secondary N) is 1. The molecule has 2 amide bonds. The SMILES string of the molecule is CC(C)(C)OC(=O)NCc1ccc(C(=O)N2CCN(c3ccccc3)CC2)cc1. The first-order valence-electron chi connectivity index (χ1n) is 9.97. The van der Waals surface area contributed by atoms with Gasteiger partial charge in [-0.05, 0) is 50.6 Å². The van der Waals surface area contributed by atoms with E-state index in [9.17, 15) is 9.59 Å². The monoisotopic (exact) mass is 395 g/mol. The molecule has 0 radical (unpaired) electrons. The van der Waals surface area contributed by atoms with E-state index in [0.717, 1.165) is 18.7 Å². The number of nitrogens with zero attached hydrogens (tertiary/aromatic N) is 2. The lowest BCUT2D eigenvalue weighted by Gasteiger charge is -2.36. The van der Waals surface area contributed by atoms with Crippen LogP contribution in [0.1, 0.15) is 36.7 Å². The third-order valence-electron chi connectivity index (χ3n) is 4.72. The fraction of sp³-hybridized carbons (Fsp3) is 0.391. The standard InChI is InChI=1S/C23H29N3O3/c1-23(2,3)29-22(28)24-17-18-9-11-19(12-10-18)21(27)26-15-13-25(14-16-26)20-7-5-4-6-8-20/h4-12H,13-17H2,1-3H3,(H,24,28). The molecule has 154 valence electrons. The molecule has 0 aliphatic carbocycles. The first-order chi connectivity index (χ1) is 13.8. The highest BCUT2D eigenvalue weighted by molar-refractivity contribution is 5.94. The molecule has 2 aromatic rings. The van der Waals surface area contributed by atoms with Crippen molar-refractivity contribution >= 4 is 17.7 Å². The molecule has 0 saturated carbocycles. The zero-order valence-corrected chi connectivity index (χ0v) is 17.4. The number of hydrogen-bond acceptors (Lipinski definition) is 4. The Labute approximate surface area is 172 Å². The van der Waals surface area contributed by atoms with Gasteiger partial charge >= 0.3 is 6.09 Å². The van der Waals surface area contributed by atoms with Gasteiger partial charge in [-0.25, -0.2) is 4.79 Å². The van der Waals surface area contributed by atoms with Gasteiger partial charge in [0.1, 0.15) is 5.60 Å². The van der Waals surface area contributed by atoms with Crippen LogP contribution in [-0.4, -0.2) is 48.7 Å². The number of piperazine rings is 1. The van der Waals surface area contributed by atoms with Crippen molar-refractivity contribution in [2.45, 2.75) is 32.9 Å². The van der Waals surface area contributed by atoms with Crippen LogP contribution in [0.2, 0.25) is 0 Å². The first kappa shape index (κ1) is 20.7. The van der Waals surface area contributed by atoms with Crippen molar-refractivity contribution in [3.05, 3.63) is 65.7 Å². The van der Waals surface area contributed by atoms with Crippen LogP contribution in [0, 0.1) is 0 Å². The number of carbonyl (C=O) groups excluding carboxylic acids is 2. The van der Waals surface area contributed by atoms with Crippen LogP contribution in [0.25, 0.3) is 0 Å². The summed E-state index contributed by atoms with van der Waals surface area (Å²) >= 11 is 0. The van der Waals surface area contributed by atoms with E-state index >= 15 is 0 Å². The Balaban J connectivity index is 1.50. The van der Waals surface area contributed by atoms with Gasteiger partial charge < -0.3 is 19.9 Å². The predicted octanol–water partition coefficient (Wildman–Crippen LogP) is 3.67. The van der Waals surface area contributed by atoms with Gasteiger partial charge in [0.15, 0.2) is 0 Å². The van der Waals surface area contributed by atoms with Crippen LogP contribution in [0.15, 0.2) is 54.6 Å². The molecule has 1 fully saturated rings. The number of hydrogen-bond donors (Lipinski definition) is 1. The summed E-state index contributed by atoms with van der Waals surface area (Å²) in [6, 6.07) is 17.6. The molecular weight excluding hydrogens is 366 g/mol. The molecule has 0 unspecified atom stereocenters. The molecule has 0 bridgehead atoms. The third-order valence-corrected chi connectivity index (χ3v) is 4.72. The Kier molecular flexibility index (Phi) is 6.42. The van der Waals surface area contributed by atoms with Crippen LogP contribution in [-0.2, 0) is 11.3 Å². The summed E-state index contributed by atoms with van der Waals surface area (Å²) < 4.78 is 5.23. The number of para-hydroxylation sites is 1. The molecule has 6 nitrogen and oxygen atoms in total. The van der Waals surface area contributed by atoms with Crippen molar-refractivity contribution in [3.8, 4) is 0 Å². The zero-order valence-electron chi connectivity index (χ0n) is 17.4. The minimum atomic E-state index is -0.523. The summed E-state index contributed by atoms with van der Waals surface area (Å²) in [5, 5.41) is 2.73. The van der Waals surface area contributed by atoms with Gasteiger partial charge in [-0.1, -0.05) is 30.3 Å². The first-order valence-corrected chi connectivity index (χ1v) is 9.97. The number of rotatable bonds is 4. The topological polar surface area (TPSA) is 61.9 Å². The van der Waals surface area contributed by atoms with Crippen molar-refractivity contribution in [1.29, 1.82) is 0 Å². The molecule has 0 spiro atoms. The van der Waals surface area contributed by atoms with Gasteiger partial charge in [0.25, 0.3) is 5.91 Å². The molecule has 1 saturated heterocycles. The Morgan fingerprint density at radius 2 is 1.55 bits per heavy atom. The quantitative estimate of drug-likeness (QED) is 0.858. The highest BCUT2D eigenvalue weighted by Gasteiger charge is 2.22. The maximum Gasteiger partial charge on any atom is 0.407 e. The summed E-state index contributed by atoms with van der Waals surface area (Å²) in [6.45, 7) is 8.90. The fourth-order valence-electron chi connectivity index (χ4n) is 3.24. The van der Waals surface area contributed by atoms with Crippen LogP contribution in [0.5, 0.6) is 0 Å². The number of ether oxygens (including phenoxy) is 1. The number of alkyl carbamates (subject to hydrolysis) is 1. The summed E-state index contributed by atoms with van der Waals surface area (Å²) in [4.78, 5) is 28.7.